The van der Waals surface area contributed by atoms with Gasteiger partial charge in [-0.1, -0.05) is 12.1 Å². The average molecular weight is 376 g/mol. The van der Waals surface area contributed by atoms with E-state index in [1.54, 1.807) is 12.1 Å². The number of carboxylic acid groups (broad SMARTS) is 1. The molecule has 1 aromatic carbocycles. The number of carbonyl (C=O) groups is 1. The molecule has 3 N–H and O–H groups in total. The van der Waals surface area contributed by atoms with Crippen LogP contribution in [-0.4, -0.2) is 24.6 Å². The van der Waals surface area contributed by atoms with Crippen LogP contribution in [0.2, 0.25) is 0 Å². The second kappa shape index (κ2) is 5.88. The van der Waals surface area contributed by atoms with E-state index in [1.807, 2.05) is 0 Å². The van der Waals surface area contributed by atoms with Crippen molar-refractivity contribution in [1.29, 1.82) is 0 Å². The molecule has 1 aromatic heterocycles. The van der Waals surface area contributed by atoms with Gasteiger partial charge in [0.25, 0.3) is 0 Å². The van der Waals surface area contributed by atoms with Crippen molar-refractivity contribution in [3.05, 3.63) is 46.3 Å². The second-order valence-corrected chi connectivity index (χ2v) is 6.50. The van der Waals surface area contributed by atoms with Crippen molar-refractivity contribution in [2.45, 2.75) is 11.4 Å². The Labute approximate surface area is 128 Å². The summed E-state index contributed by atoms with van der Waals surface area (Å²) in [5.74, 6) is -1.77. The highest BCUT2D eigenvalue weighted by atomic mass is 79.9. The fourth-order valence-corrected chi connectivity index (χ4v) is 3.47. The molecular weight excluding hydrogens is 366 g/mol. The van der Waals surface area contributed by atoms with Gasteiger partial charge in [0.1, 0.15) is 10.6 Å². The van der Waals surface area contributed by atoms with E-state index in [4.69, 9.17) is 14.6 Å². The Morgan fingerprint density at radius 3 is 2.43 bits per heavy atom. The molecular formula is C12H10BrNO6S. The molecule has 0 aliphatic carbocycles. The lowest BCUT2D eigenvalue weighted by molar-refractivity contribution is 0.0661. The molecule has 0 unspecified atom stereocenters. The Morgan fingerprint density at radius 2 is 1.90 bits per heavy atom. The molecule has 0 spiro atoms. The summed E-state index contributed by atoms with van der Waals surface area (Å²) in [7, 11) is -3.93. The van der Waals surface area contributed by atoms with Gasteiger partial charge in [0.15, 0.2) is 4.67 Å². The predicted molar refractivity (Wildman–Crippen MR) is 75.5 cm³/mol. The van der Waals surface area contributed by atoms with Crippen LogP contribution in [0.25, 0.3) is 0 Å². The minimum Gasteiger partial charge on any atom is -0.508 e. The molecule has 2 aromatic rings. The minimum atomic E-state index is -3.93. The van der Waals surface area contributed by atoms with Crippen molar-refractivity contribution in [2.75, 3.05) is 0 Å². The van der Waals surface area contributed by atoms with Crippen LogP contribution >= 0.6 is 15.9 Å². The Morgan fingerprint density at radius 1 is 1.29 bits per heavy atom. The fraction of sp³-hybridized carbons (Fsp3) is 0.0833. The number of nitrogens with one attached hydrogen (secondary N) is 1. The van der Waals surface area contributed by atoms with Crippen molar-refractivity contribution >= 4 is 31.9 Å². The van der Waals surface area contributed by atoms with Crippen molar-refractivity contribution in [1.82, 2.24) is 4.72 Å². The number of aromatic hydroxyl groups is 1. The topological polar surface area (TPSA) is 117 Å². The van der Waals surface area contributed by atoms with Gasteiger partial charge in [-0.05, 0) is 33.6 Å². The van der Waals surface area contributed by atoms with E-state index in [1.165, 1.54) is 12.1 Å². The molecule has 0 saturated carbocycles. The van der Waals surface area contributed by atoms with Gasteiger partial charge < -0.3 is 14.6 Å². The highest BCUT2D eigenvalue weighted by Crippen LogP contribution is 2.26. The lowest BCUT2D eigenvalue weighted by Crippen LogP contribution is -2.23. The summed E-state index contributed by atoms with van der Waals surface area (Å²) in [6, 6.07) is 6.90. The van der Waals surface area contributed by atoms with Crippen LogP contribution in [-0.2, 0) is 16.6 Å². The number of furan rings is 1. The number of aromatic carboxylic acids is 1. The summed E-state index contributed by atoms with van der Waals surface area (Å²) in [6.07, 6.45) is 0. The third-order valence-corrected chi connectivity index (χ3v) is 4.82. The van der Waals surface area contributed by atoms with Crippen molar-refractivity contribution in [2.24, 2.45) is 0 Å². The standard InChI is InChI=1S/C12H10BrNO6S/c13-11-10(5-9(20-11)12(16)17)21(18,19)14-6-7-1-3-8(15)4-2-7/h1-5,14-15H,6H2,(H,16,17). The average Bonchev–Trinajstić information content (AvgIpc) is 2.81. The van der Waals surface area contributed by atoms with E-state index in [2.05, 4.69) is 20.7 Å². The maximum absolute atomic E-state index is 12.1. The number of phenolic OH excluding ortho intramolecular Hbond substituents is 1. The van der Waals surface area contributed by atoms with Gasteiger partial charge in [-0.15, -0.1) is 0 Å². The SMILES string of the molecule is O=C(O)c1cc(S(=O)(=O)NCc2ccc(O)cc2)c(Br)o1. The largest absolute Gasteiger partial charge is 0.508 e. The number of halogens is 1. The van der Waals surface area contributed by atoms with Gasteiger partial charge >= 0.3 is 5.97 Å². The maximum Gasteiger partial charge on any atom is 0.371 e. The van der Waals surface area contributed by atoms with Gasteiger partial charge in [-0.3, -0.25) is 0 Å². The molecule has 0 atom stereocenters. The molecule has 0 radical (unpaired) electrons. The monoisotopic (exact) mass is 375 g/mol. The summed E-state index contributed by atoms with van der Waals surface area (Å²) < 4.78 is 31.1. The van der Waals surface area contributed by atoms with E-state index in [0.29, 0.717) is 5.56 Å². The lowest BCUT2D eigenvalue weighted by Gasteiger charge is -2.05. The molecule has 0 fully saturated rings. The lowest BCUT2D eigenvalue weighted by atomic mass is 10.2. The van der Waals surface area contributed by atoms with E-state index < -0.39 is 21.8 Å². The van der Waals surface area contributed by atoms with E-state index in [9.17, 15) is 13.2 Å². The number of benzene rings is 1. The fourth-order valence-electron chi connectivity index (χ4n) is 1.51. The first kappa shape index (κ1) is 15.5. The second-order valence-electron chi connectivity index (χ2n) is 4.04. The van der Waals surface area contributed by atoms with Gasteiger partial charge in [-0.25, -0.2) is 17.9 Å². The molecule has 0 aliphatic rings. The zero-order valence-corrected chi connectivity index (χ0v) is 12.8. The molecule has 21 heavy (non-hydrogen) atoms. The summed E-state index contributed by atoms with van der Waals surface area (Å²) >= 11 is 2.87. The number of carboxylic acids is 1. The summed E-state index contributed by atoms with van der Waals surface area (Å²) in [4.78, 5) is 10.5. The number of sulfonamides is 1. The smallest absolute Gasteiger partial charge is 0.371 e. The molecule has 2 rings (SSSR count). The van der Waals surface area contributed by atoms with Crippen LogP contribution in [0.5, 0.6) is 5.75 Å². The van der Waals surface area contributed by atoms with E-state index >= 15 is 0 Å². The number of phenols is 1. The molecule has 0 bridgehead atoms. The Kier molecular flexibility index (Phi) is 4.35. The van der Waals surface area contributed by atoms with Crippen LogP contribution in [0, 0.1) is 0 Å². The number of hydrogen-bond donors (Lipinski definition) is 3. The summed E-state index contributed by atoms with van der Waals surface area (Å²) in [5, 5.41) is 17.9. The molecule has 0 amide bonds. The van der Waals surface area contributed by atoms with E-state index in [0.717, 1.165) is 6.07 Å². The molecule has 112 valence electrons. The molecule has 1 heterocycles. The normalized spacial score (nSPS) is 11.5. The van der Waals surface area contributed by atoms with Gasteiger partial charge in [0.2, 0.25) is 15.8 Å². The van der Waals surface area contributed by atoms with E-state index in [-0.39, 0.29) is 21.9 Å². The molecule has 9 heteroatoms. The first-order valence-corrected chi connectivity index (χ1v) is 7.87. The zero-order valence-electron chi connectivity index (χ0n) is 10.4. The summed E-state index contributed by atoms with van der Waals surface area (Å²) in [5.41, 5.74) is 0.634. The Bertz CT molecular complexity index is 766. The highest BCUT2D eigenvalue weighted by molar-refractivity contribution is 9.10. The first-order valence-electron chi connectivity index (χ1n) is 5.60. The van der Waals surface area contributed by atoms with Crippen LogP contribution < -0.4 is 4.72 Å². The number of rotatable bonds is 5. The molecule has 0 saturated heterocycles. The molecule has 7 nitrogen and oxygen atoms in total. The quantitative estimate of drug-likeness (QED) is 0.734. The Hall–Kier alpha value is -1.84. The van der Waals surface area contributed by atoms with Crippen molar-refractivity contribution in [3.8, 4) is 5.75 Å². The van der Waals surface area contributed by atoms with Gasteiger partial charge in [0.05, 0.1) is 0 Å². The molecule has 0 aliphatic heterocycles. The zero-order chi connectivity index (χ0) is 15.6. The van der Waals surface area contributed by atoms with Gasteiger partial charge in [0, 0.05) is 12.6 Å². The van der Waals surface area contributed by atoms with Crippen LogP contribution in [0.3, 0.4) is 0 Å². The van der Waals surface area contributed by atoms with Crippen molar-refractivity contribution in [3.63, 3.8) is 0 Å². The van der Waals surface area contributed by atoms with Crippen molar-refractivity contribution < 1.29 is 27.8 Å². The third kappa shape index (κ3) is 3.63. The first-order chi connectivity index (χ1) is 9.79. The van der Waals surface area contributed by atoms with Crippen LogP contribution in [0.4, 0.5) is 0 Å². The van der Waals surface area contributed by atoms with Gasteiger partial charge in [-0.2, -0.15) is 0 Å². The maximum atomic E-state index is 12.1. The van der Waals surface area contributed by atoms with Crippen LogP contribution in [0.15, 0.2) is 44.3 Å². The number of hydrogen-bond acceptors (Lipinski definition) is 5. The van der Waals surface area contributed by atoms with Crippen LogP contribution in [0.1, 0.15) is 16.1 Å². The highest BCUT2D eigenvalue weighted by Gasteiger charge is 2.24. The summed E-state index contributed by atoms with van der Waals surface area (Å²) in [6.45, 7) is -0.0113. The predicted octanol–water partition coefficient (Wildman–Crippen LogP) is 1.92. The third-order valence-electron chi connectivity index (χ3n) is 2.56. The minimum absolute atomic E-state index is 0.0113. The Balaban J connectivity index is 2.18.